The second-order valence-corrected chi connectivity index (χ2v) is 8.49. The number of ether oxygens (including phenoxy) is 2. The summed E-state index contributed by atoms with van der Waals surface area (Å²) in [5.41, 5.74) is 4.93. The largest absolute Gasteiger partial charge is 0.489 e. The fourth-order valence-corrected chi connectivity index (χ4v) is 4.16. The smallest absolute Gasteiger partial charge is 0.368 e. The zero-order valence-corrected chi connectivity index (χ0v) is 20.8. The van der Waals surface area contributed by atoms with Crippen molar-refractivity contribution in [3.63, 3.8) is 0 Å². The van der Waals surface area contributed by atoms with E-state index in [0.717, 1.165) is 44.0 Å². The molecule has 0 amide bonds. The molecule has 33 heavy (non-hydrogen) atoms. The Labute approximate surface area is 199 Å². The van der Waals surface area contributed by atoms with Gasteiger partial charge < -0.3 is 9.47 Å². The van der Waals surface area contributed by atoms with Crippen LogP contribution in [-0.2, 0) is 20.7 Å². The van der Waals surface area contributed by atoms with Crippen molar-refractivity contribution < 1.29 is 9.47 Å². The number of hydrogen-bond donors (Lipinski definition) is 0. The van der Waals surface area contributed by atoms with Crippen LogP contribution in [0.5, 0.6) is 11.6 Å². The summed E-state index contributed by atoms with van der Waals surface area (Å²) in [4.78, 5) is 12.4. The van der Waals surface area contributed by atoms with Crippen LogP contribution in [0.3, 0.4) is 0 Å². The lowest BCUT2D eigenvalue weighted by Gasteiger charge is -2.14. The summed E-state index contributed by atoms with van der Waals surface area (Å²) in [5.74, 6) is 1.51. The Hall–Kier alpha value is -3.40. The number of aryl methyl sites for hydroxylation is 3. The molecule has 4 rings (SSSR count). The quantitative estimate of drug-likeness (QED) is 0.374. The maximum absolute atomic E-state index is 12.4. The van der Waals surface area contributed by atoms with Crippen molar-refractivity contribution in [2.45, 2.75) is 27.4 Å². The first-order valence-corrected chi connectivity index (χ1v) is 11.3. The molecule has 0 spiro atoms. The zero-order valence-electron chi connectivity index (χ0n) is 19.2. The molecule has 0 fully saturated rings. The summed E-state index contributed by atoms with van der Waals surface area (Å²) in [6, 6.07) is 11.5. The lowest BCUT2D eigenvalue weighted by molar-refractivity contribution is 0.302. The van der Waals surface area contributed by atoms with E-state index in [1.165, 1.54) is 9.36 Å². The van der Waals surface area contributed by atoms with Crippen LogP contribution in [0.4, 0.5) is 0 Å². The Kier molecular flexibility index (Phi) is 6.37. The molecule has 0 N–H and O–H groups in total. The van der Waals surface area contributed by atoms with Gasteiger partial charge in [-0.1, -0.05) is 22.0 Å². The molecule has 0 aliphatic carbocycles. The third-order valence-corrected chi connectivity index (χ3v) is 6.11. The Balaban J connectivity index is 1.61. The van der Waals surface area contributed by atoms with Crippen LogP contribution >= 0.6 is 15.9 Å². The Morgan fingerprint density at radius 1 is 1.03 bits per heavy atom. The van der Waals surface area contributed by atoms with Gasteiger partial charge >= 0.3 is 5.69 Å². The molecule has 2 aromatic carbocycles. The highest BCUT2D eigenvalue weighted by atomic mass is 79.9. The molecule has 0 saturated heterocycles. The van der Waals surface area contributed by atoms with Crippen molar-refractivity contribution in [3.8, 4) is 28.6 Å². The van der Waals surface area contributed by atoms with Crippen LogP contribution in [0.15, 0.2) is 45.7 Å². The summed E-state index contributed by atoms with van der Waals surface area (Å²) in [6.45, 7) is 6.80. The first-order valence-electron chi connectivity index (χ1n) is 10.5. The van der Waals surface area contributed by atoms with E-state index < -0.39 is 0 Å². The van der Waals surface area contributed by atoms with E-state index in [1.807, 2.05) is 58.2 Å². The van der Waals surface area contributed by atoms with Gasteiger partial charge in [0.1, 0.15) is 12.4 Å². The first kappa shape index (κ1) is 22.8. The second-order valence-electron chi connectivity index (χ2n) is 7.64. The third-order valence-electron chi connectivity index (χ3n) is 5.37. The molecule has 0 atom stereocenters. The number of rotatable bonds is 7. The van der Waals surface area contributed by atoms with E-state index in [-0.39, 0.29) is 12.3 Å². The van der Waals surface area contributed by atoms with Crippen molar-refractivity contribution >= 4 is 15.9 Å². The van der Waals surface area contributed by atoms with E-state index in [2.05, 4.69) is 37.5 Å². The second kappa shape index (κ2) is 9.22. The standard InChI is InChI=1S/C23H25BrN6O3/c1-6-32-22-15(3)21(25-28(22)4)16-10-11-20(14(2)12-16)33-13-17-18(24)8-7-9-19(17)30-23(31)29(5)26-27-30/h7-12H,6,13H2,1-5H3. The molecule has 0 aliphatic rings. The van der Waals surface area contributed by atoms with Crippen LogP contribution in [0, 0.1) is 13.8 Å². The Morgan fingerprint density at radius 3 is 2.48 bits per heavy atom. The minimum atomic E-state index is -0.327. The highest BCUT2D eigenvalue weighted by Gasteiger charge is 2.17. The van der Waals surface area contributed by atoms with Crippen LogP contribution in [-0.4, -0.2) is 36.2 Å². The van der Waals surface area contributed by atoms with E-state index in [9.17, 15) is 4.79 Å². The predicted octanol–water partition coefficient (Wildman–Crippen LogP) is 3.72. The number of nitrogens with zero attached hydrogens (tertiary/aromatic N) is 6. The van der Waals surface area contributed by atoms with Gasteiger partial charge in [0.25, 0.3) is 0 Å². The van der Waals surface area contributed by atoms with Crippen LogP contribution in [0.2, 0.25) is 0 Å². The van der Waals surface area contributed by atoms with Gasteiger partial charge in [-0.25, -0.2) is 9.48 Å². The molecule has 0 radical (unpaired) electrons. The normalized spacial score (nSPS) is 11.1. The molecule has 2 heterocycles. The molecular formula is C23H25BrN6O3. The molecule has 0 unspecified atom stereocenters. The van der Waals surface area contributed by atoms with E-state index in [0.29, 0.717) is 12.3 Å². The fourth-order valence-electron chi connectivity index (χ4n) is 3.69. The van der Waals surface area contributed by atoms with Gasteiger partial charge in [-0.2, -0.15) is 14.5 Å². The number of benzene rings is 2. The zero-order chi connectivity index (χ0) is 23.7. The van der Waals surface area contributed by atoms with Gasteiger partial charge in [0, 0.05) is 35.3 Å². The monoisotopic (exact) mass is 512 g/mol. The van der Waals surface area contributed by atoms with E-state index >= 15 is 0 Å². The van der Waals surface area contributed by atoms with Crippen LogP contribution in [0.1, 0.15) is 23.6 Å². The Morgan fingerprint density at radius 2 is 1.82 bits per heavy atom. The van der Waals surface area contributed by atoms with E-state index in [4.69, 9.17) is 9.47 Å². The average Bonchev–Trinajstić information content (AvgIpc) is 3.27. The molecule has 4 aromatic rings. The molecule has 2 aromatic heterocycles. The van der Waals surface area contributed by atoms with Gasteiger partial charge in [-0.05, 0) is 67.1 Å². The summed E-state index contributed by atoms with van der Waals surface area (Å²) in [7, 11) is 3.44. The van der Waals surface area contributed by atoms with Crippen LogP contribution in [0.25, 0.3) is 16.9 Å². The maximum atomic E-state index is 12.4. The minimum absolute atomic E-state index is 0.247. The summed E-state index contributed by atoms with van der Waals surface area (Å²) < 4.78 is 16.9. The lowest BCUT2D eigenvalue weighted by atomic mass is 10.1. The van der Waals surface area contributed by atoms with Gasteiger partial charge in [0.05, 0.1) is 18.0 Å². The SMILES string of the molecule is CCOc1c(C)c(-c2ccc(OCc3c(Br)cccc3-n3nnn(C)c3=O)c(C)c2)nn1C. The molecular weight excluding hydrogens is 488 g/mol. The lowest BCUT2D eigenvalue weighted by Crippen LogP contribution is -2.23. The summed E-state index contributed by atoms with van der Waals surface area (Å²) in [6.07, 6.45) is 0. The maximum Gasteiger partial charge on any atom is 0.368 e. The summed E-state index contributed by atoms with van der Waals surface area (Å²) in [5, 5.41) is 12.4. The van der Waals surface area contributed by atoms with Crippen LogP contribution < -0.4 is 15.2 Å². The molecule has 9 nitrogen and oxygen atoms in total. The highest BCUT2D eigenvalue weighted by Crippen LogP contribution is 2.32. The van der Waals surface area contributed by atoms with Gasteiger partial charge in [0.15, 0.2) is 0 Å². The highest BCUT2D eigenvalue weighted by molar-refractivity contribution is 9.10. The van der Waals surface area contributed by atoms with Crippen molar-refractivity contribution in [2.24, 2.45) is 14.1 Å². The van der Waals surface area contributed by atoms with Crippen molar-refractivity contribution in [3.05, 3.63) is 68.0 Å². The summed E-state index contributed by atoms with van der Waals surface area (Å²) >= 11 is 3.57. The number of tetrazole rings is 1. The number of hydrogen-bond acceptors (Lipinski definition) is 6. The third kappa shape index (κ3) is 4.30. The molecule has 0 saturated carbocycles. The first-order chi connectivity index (χ1) is 15.8. The molecule has 172 valence electrons. The minimum Gasteiger partial charge on any atom is -0.489 e. The van der Waals surface area contributed by atoms with Crippen molar-refractivity contribution in [2.75, 3.05) is 6.61 Å². The number of halogens is 1. The van der Waals surface area contributed by atoms with E-state index in [1.54, 1.807) is 11.7 Å². The van der Waals surface area contributed by atoms with Gasteiger partial charge in [-0.3, -0.25) is 0 Å². The fraction of sp³-hybridized carbons (Fsp3) is 0.304. The van der Waals surface area contributed by atoms with Gasteiger partial charge in [0.2, 0.25) is 5.88 Å². The number of aromatic nitrogens is 6. The van der Waals surface area contributed by atoms with Gasteiger partial charge in [-0.15, -0.1) is 0 Å². The molecule has 0 aliphatic heterocycles. The topological polar surface area (TPSA) is 89.0 Å². The average molecular weight is 513 g/mol. The predicted molar refractivity (Wildman–Crippen MR) is 128 cm³/mol. The Bertz CT molecular complexity index is 1370. The molecule has 0 bridgehead atoms. The van der Waals surface area contributed by atoms with Crippen molar-refractivity contribution in [1.82, 2.24) is 29.6 Å². The van der Waals surface area contributed by atoms with Crippen molar-refractivity contribution in [1.29, 1.82) is 0 Å². The molecule has 10 heteroatoms.